The summed E-state index contributed by atoms with van der Waals surface area (Å²) in [5, 5.41) is 33.9. The van der Waals surface area contributed by atoms with Crippen LogP contribution in [0.1, 0.15) is 96.0 Å². The highest BCUT2D eigenvalue weighted by atomic mass is 35.5. The zero-order valence-corrected chi connectivity index (χ0v) is 75.4. The summed E-state index contributed by atoms with van der Waals surface area (Å²) in [4.78, 5) is 32.3. The van der Waals surface area contributed by atoms with E-state index in [1.54, 1.807) is 49.1 Å². The first-order valence-electron chi connectivity index (χ1n) is 42.1. The van der Waals surface area contributed by atoms with Crippen molar-refractivity contribution in [3.63, 3.8) is 0 Å². The number of fused-ring (bicyclic) bond motifs is 4. The van der Waals surface area contributed by atoms with Crippen molar-refractivity contribution in [3.8, 4) is 44.6 Å². The minimum Gasteiger partial charge on any atom is -0.398 e. The topological polar surface area (TPSA) is 349 Å². The second kappa shape index (κ2) is 35.7. The minimum atomic E-state index is -0.144. The summed E-state index contributed by atoms with van der Waals surface area (Å²) in [5.41, 5.74) is 51.3. The number of aromatic nitrogens is 9. The molecule has 8 aromatic heterocycles. The number of nitrogens with zero attached hydrogens (tertiary/aromatic N) is 13. The Morgan fingerprint density at radius 3 is 1.07 bits per heavy atom. The Hall–Kier alpha value is -7.75. The quantitative estimate of drug-likeness (QED) is 0.0581. The molecule has 8 atom stereocenters. The number of ether oxygens (including phenoxy) is 4. The molecule has 0 saturated carbocycles. The molecule has 8 unspecified atom stereocenters. The van der Waals surface area contributed by atoms with E-state index in [1.165, 1.54) is 0 Å². The molecule has 4 aromatic carbocycles. The van der Waals surface area contributed by atoms with Crippen LogP contribution >= 0.6 is 92.8 Å². The molecule has 656 valence electrons. The summed E-state index contributed by atoms with van der Waals surface area (Å²) in [6.45, 7) is 17.6. The van der Waals surface area contributed by atoms with Crippen LogP contribution in [0.2, 0.25) is 40.2 Å². The van der Waals surface area contributed by atoms with E-state index in [-0.39, 0.29) is 90.1 Å². The fraction of sp³-hybridized carbons (Fsp3) is 0.433. The third kappa shape index (κ3) is 15.7. The van der Waals surface area contributed by atoms with Gasteiger partial charge in [-0.1, -0.05) is 141 Å². The van der Waals surface area contributed by atoms with Crippen LogP contribution in [0.4, 0.5) is 34.6 Å². The van der Waals surface area contributed by atoms with Crippen molar-refractivity contribution in [1.29, 1.82) is 0 Å². The zero-order valence-electron chi connectivity index (χ0n) is 69.4. The Labute approximate surface area is 759 Å². The number of hydrogen-bond acceptors (Lipinski definition) is 22. The average Bonchev–Trinajstić information content (AvgIpc) is 1.45. The molecule has 0 bridgehead atoms. The number of aliphatic hydroxyl groups excluding tert-OH is 3. The van der Waals surface area contributed by atoms with E-state index >= 15 is 0 Å². The molecular formula is C90H103Cl8N19O7. The van der Waals surface area contributed by atoms with Crippen LogP contribution in [0.5, 0.6) is 0 Å². The van der Waals surface area contributed by atoms with Crippen LogP contribution in [0.3, 0.4) is 0 Å². The van der Waals surface area contributed by atoms with Gasteiger partial charge in [0.1, 0.15) is 45.9 Å². The SMILES string of the molecule is CC1OCC2(CCN(c3cc(CO)c(-c4cccc(Cl)c4Cl)c4nccn34)CC2)C1N.CC1OCC2(CCN(c3cc(N)c(-c4cccc(Cl)c4Cl)c4ncc(CO)n34)CC2)C1N.CC1OCC2(CCN(c3cc(N)c(-c4cccc(Cl)c4Cl)c4nccn34)CC2)C1N.CC1OCC2(CCN(c3cnc(-c4cccc(Cl)c4Cl)c4ncc(CO)n34)CC2)C1N. The molecule has 8 fully saturated rings. The van der Waals surface area contributed by atoms with Gasteiger partial charge in [-0.2, -0.15) is 0 Å². The van der Waals surface area contributed by atoms with Crippen molar-refractivity contribution in [2.45, 2.75) is 147 Å². The molecule has 26 nitrogen and oxygen atoms in total. The summed E-state index contributed by atoms with van der Waals surface area (Å²) in [6.07, 6.45) is 20.8. The number of hydrogen-bond donors (Lipinski definition) is 9. The van der Waals surface area contributed by atoms with E-state index in [9.17, 15) is 15.3 Å². The van der Waals surface area contributed by atoms with Gasteiger partial charge >= 0.3 is 0 Å². The number of nitrogen functional groups attached to an aromatic ring is 2. The summed E-state index contributed by atoms with van der Waals surface area (Å²) >= 11 is 51.0. The molecule has 0 aliphatic carbocycles. The highest BCUT2D eigenvalue weighted by molar-refractivity contribution is 6.46. The minimum absolute atomic E-state index is 0.0174. The summed E-state index contributed by atoms with van der Waals surface area (Å²) < 4.78 is 31.5. The van der Waals surface area contributed by atoms with E-state index in [0.717, 1.165) is 186 Å². The van der Waals surface area contributed by atoms with E-state index in [0.29, 0.717) is 103 Å². The lowest BCUT2D eigenvalue weighted by Gasteiger charge is -2.42. The third-order valence-electron chi connectivity index (χ3n) is 27.9. The van der Waals surface area contributed by atoms with Gasteiger partial charge in [0, 0.05) is 185 Å². The second-order valence-electron chi connectivity index (χ2n) is 34.5. The number of anilines is 6. The number of rotatable bonds is 11. The summed E-state index contributed by atoms with van der Waals surface area (Å²) in [6, 6.07) is 28.2. The molecule has 34 heteroatoms. The highest BCUT2D eigenvalue weighted by Gasteiger charge is 2.52. The molecule has 0 amide bonds. The first-order chi connectivity index (χ1) is 59.7. The zero-order chi connectivity index (χ0) is 87.2. The summed E-state index contributed by atoms with van der Waals surface area (Å²) in [7, 11) is 0. The van der Waals surface area contributed by atoms with Gasteiger partial charge in [0.15, 0.2) is 5.65 Å². The molecule has 16 heterocycles. The van der Waals surface area contributed by atoms with Crippen molar-refractivity contribution in [1.82, 2.24) is 42.5 Å². The Balaban J connectivity index is 0.000000117. The van der Waals surface area contributed by atoms with Gasteiger partial charge in [-0.3, -0.25) is 17.6 Å². The lowest BCUT2D eigenvalue weighted by atomic mass is 9.73. The van der Waals surface area contributed by atoms with Crippen molar-refractivity contribution >= 4 is 150 Å². The molecule has 8 aliphatic heterocycles. The largest absolute Gasteiger partial charge is 0.398 e. The Kier molecular flexibility index (Phi) is 25.4. The average molecular weight is 1850 g/mol. The van der Waals surface area contributed by atoms with Crippen molar-refractivity contribution < 1.29 is 34.3 Å². The number of imidazole rings is 4. The van der Waals surface area contributed by atoms with Gasteiger partial charge in [-0.05, 0) is 115 Å². The van der Waals surface area contributed by atoms with Crippen LogP contribution in [0.25, 0.3) is 67.2 Å². The normalized spacial score (nSPS) is 23.2. The molecule has 124 heavy (non-hydrogen) atoms. The molecular weight excluding hydrogens is 1740 g/mol. The van der Waals surface area contributed by atoms with Gasteiger partial charge in [-0.15, -0.1) is 0 Å². The molecule has 4 spiro atoms. The van der Waals surface area contributed by atoms with Crippen LogP contribution in [0.15, 0.2) is 134 Å². The molecule has 15 N–H and O–H groups in total. The molecule has 20 rings (SSSR count). The van der Waals surface area contributed by atoms with Gasteiger partial charge < -0.3 is 88.3 Å². The number of aliphatic hydroxyl groups is 3. The lowest BCUT2D eigenvalue weighted by Crippen LogP contribution is -2.51. The Morgan fingerprint density at radius 1 is 0.371 bits per heavy atom. The smallest absolute Gasteiger partial charge is 0.165 e. The first-order valence-corrected chi connectivity index (χ1v) is 45.2. The van der Waals surface area contributed by atoms with Crippen molar-refractivity contribution in [2.75, 3.05) is 110 Å². The number of benzene rings is 4. The van der Waals surface area contributed by atoms with Gasteiger partial charge in [0.05, 0.1) is 141 Å². The molecule has 12 aromatic rings. The van der Waals surface area contributed by atoms with E-state index in [1.807, 2.05) is 94.1 Å². The lowest BCUT2D eigenvalue weighted by molar-refractivity contribution is 0.0973. The molecule has 0 radical (unpaired) electrons. The Bertz CT molecular complexity index is 5920. The van der Waals surface area contributed by atoms with E-state index in [2.05, 4.69) is 76.0 Å². The number of piperidine rings is 4. The fourth-order valence-corrected chi connectivity index (χ4v) is 21.8. The van der Waals surface area contributed by atoms with Crippen LogP contribution < -0.4 is 54.0 Å². The predicted molar refractivity (Wildman–Crippen MR) is 496 cm³/mol. The summed E-state index contributed by atoms with van der Waals surface area (Å²) in [5.74, 6) is 3.83. The van der Waals surface area contributed by atoms with Crippen LogP contribution in [-0.4, -0.2) is 185 Å². The second-order valence-corrected chi connectivity index (χ2v) is 37.7. The molecule has 8 saturated heterocycles. The third-order valence-corrected chi connectivity index (χ3v) is 31.2. The standard InChI is InChI=1S/C23H27Cl2N5O2.C23H26Cl2N4O2.C22H25Cl2N5O2.C22H25Cl2N5O/c1-13-21(27)23(12-32-13)5-7-29(8-6-23)18-9-17(26)19(15-3-2-4-16(24)20(15)25)22-28-10-14(11-31)30(18)22;1-14-21(26)23(13-31-14)5-8-28(9-6-23)18-11-15(12-30)19(22-27-7-10-29(18)22)16-3-2-4-17(24)20(16)25;1-13-20(25)22(12-31-13)5-7-28(8-6-22)17-10-26-19(15-3-2-4-16(23)18(15)24)21-27-9-14(11-30)29(17)21;1-13-20(26)22(12-30-13)5-8-28(9-6-22)17-11-16(25)18(21-27-7-10-29(17)21)14-3-2-4-15(23)19(14)24/h2-4,9-10,13,21,31H,5-8,11-12,26-27H2,1H3;2-4,7,10-11,14,21,30H,5-6,8-9,12-13,26H2,1H3;2-4,9-10,13,20,30H,5-8,11-12,25H2,1H3;2-4,7,10-11,13,20H,5-6,8-9,12,25-26H2,1H3. The number of pyridine rings is 3. The van der Waals surface area contributed by atoms with Gasteiger partial charge in [0.2, 0.25) is 0 Å². The maximum absolute atomic E-state index is 10.2. The number of halogens is 8. The van der Waals surface area contributed by atoms with E-state index < -0.39 is 0 Å². The van der Waals surface area contributed by atoms with Crippen molar-refractivity contribution in [3.05, 3.63) is 192 Å². The first kappa shape index (κ1) is 88.3. The van der Waals surface area contributed by atoms with Gasteiger partial charge in [0.25, 0.3) is 0 Å². The fourth-order valence-electron chi connectivity index (χ4n) is 20.2. The van der Waals surface area contributed by atoms with Gasteiger partial charge in [-0.25, -0.2) is 24.9 Å². The monoisotopic (exact) mass is 1840 g/mol. The van der Waals surface area contributed by atoms with Crippen molar-refractivity contribution in [2.24, 2.45) is 44.6 Å². The Morgan fingerprint density at radius 2 is 0.694 bits per heavy atom. The highest BCUT2D eigenvalue weighted by Crippen LogP contribution is 2.51. The molecule has 8 aliphatic rings. The van der Waals surface area contributed by atoms with E-state index in [4.69, 9.17) is 151 Å². The van der Waals surface area contributed by atoms with Crippen LogP contribution in [0, 0.1) is 21.7 Å². The van der Waals surface area contributed by atoms with Crippen LogP contribution in [-0.2, 0) is 38.8 Å². The maximum atomic E-state index is 10.2. The maximum Gasteiger partial charge on any atom is 0.165 e. The number of nitrogens with two attached hydrogens (primary N) is 6. The predicted octanol–water partition coefficient (Wildman–Crippen LogP) is 15.6.